The molecular weight excluding hydrogens is 554 g/mol. The number of hydrogen-bond acceptors (Lipinski definition) is 9. The monoisotopic (exact) mass is 609 g/mol. The average molecular weight is 610 g/mol. The fraction of sp³-hybridized carbons (Fsp3) is 0.818. The fourth-order valence-corrected chi connectivity index (χ4v) is 6.27. The number of ether oxygens (including phenoxy) is 3. The number of aliphatic hydroxyl groups is 2. The Morgan fingerprint density at radius 2 is 1.60 bits per heavy atom. The summed E-state index contributed by atoms with van der Waals surface area (Å²) in [6, 6.07) is -0.986. The molecule has 0 aromatic carbocycles. The summed E-state index contributed by atoms with van der Waals surface area (Å²) in [6.07, 6.45) is 6.71. The summed E-state index contributed by atoms with van der Waals surface area (Å²) in [5.41, 5.74) is 1.14. The molecule has 0 saturated carbocycles. The molecule has 1 saturated heterocycles. The van der Waals surface area contributed by atoms with E-state index in [0.717, 1.165) is 23.3 Å². The van der Waals surface area contributed by atoms with Gasteiger partial charge in [-0.25, -0.2) is 4.79 Å². The van der Waals surface area contributed by atoms with E-state index in [9.17, 15) is 29.4 Å². The molecular formula is C33H55NO9. The van der Waals surface area contributed by atoms with Gasteiger partial charge >= 0.3 is 5.97 Å². The van der Waals surface area contributed by atoms with Gasteiger partial charge in [0.05, 0.1) is 18.8 Å². The summed E-state index contributed by atoms with van der Waals surface area (Å²) < 4.78 is 16.9. The van der Waals surface area contributed by atoms with E-state index in [1.54, 1.807) is 7.11 Å². The average Bonchev–Trinajstić information content (AvgIpc) is 2.98. The third-order valence-electron chi connectivity index (χ3n) is 9.13. The van der Waals surface area contributed by atoms with Crippen LogP contribution < -0.4 is 0 Å². The van der Waals surface area contributed by atoms with Gasteiger partial charge in [0.1, 0.15) is 11.8 Å². The SMILES string of the molecule is CC[C@@H]1/C=C(\C)C[C@H](C)C[C@H](OC)C[C@@H](OC)C[C@@H](C)C(O)(O)C(=O)C(=O)N2CCCC[C@H]2C(=O)OC[C@H](C)CCC1=O. The summed E-state index contributed by atoms with van der Waals surface area (Å²) >= 11 is 0. The Labute approximate surface area is 257 Å². The van der Waals surface area contributed by atoms with Crippen molar-refractivity contribution in [2.24, 2.45) is 23.7 Å². The van der Waals surface area contributed by atoms with E-state index < -0.39 is 41.5 Å². The van der Waals surface area contributed by atoms with Gasteiger partial charge in [-0.1, -0.05) is 39.3 Å². The first kappa shape index (κ1) is 37.0. The molecule has 0 radical (unpaired) electrons. The lowest BCUT2D eigenvalue weighted by molar-refractivity contribution is -0.208. The van der Waals surface area contributed by atoms with E-state index in [4.69, 9.17) is 14.2 Å². The Balaban J connectivity index is 2.35. The van der Waals surface area contributed by atoms with Crippen LogP contribution in [0.2, 0.25) is 0 Å². The maximum atomic E-state index is 13.3. The molecule has 10 nitrogen and oxygen atoms in total. The third kappa shape index (κ3) is 10.8. The molecule has 2 N–H and O–H groups in total. The Morgan fingerprint density at radius 1 is 0.953 bits per heavy atom. The standard InChI is InChI=1S/C33H55NO9/c1-8-25-16-22(3)15-23(4)17-26(41-6)19-27(42-7)18-24(5)33(39,40)30(36)31(37)34-14-10-9-11-28(34)32(38)43-20-21(2)12-13-29(25)35/h16,21,23-28,39-40H,8-15,17-20H2,1-7H3/b22-16+/t21-,23+,24-,25-,26+,27+,28+/m1/s1. The van der Waals surface area contributed by atoms with Crippen LogP contribution in [0.3, 0.4) is 0 Å². The van der Waals surface area contributed by atoms with Crippen LogP contribution in [0.5, 0.6) is 0 Å². The molecule has 2 rings (SSSR count). The topological polar surface area (TPSA) is 140 Å². The highest BCUT2D eigenvalue weighted by atomic mass is 16.5. The molecule has 7 atom stereocenters. The number of hydrogen-bond donors (Lipinski definition) is 2. The number of rotatable bonds is 3. The highest BCUT2D eigenvalue weighted by molar-refractivity contribution is 6.39. The molecule has 2 aliphatic heterocycles. The number of ketones is 2. The van der Waals surface area contributed by atoms with Crippen LogP contribution in [0.25, 0.3) is 0 Å². The van der Waals surface area contributed by atoms with Gasteiger partial charge in [-0.3, -0.25) is 14.4 Å². The number of methoxy groups -OCH3 is 2. The molecule has 246 valence electrons. The van der Waals surface area contributed by atoms with Crippen molar-refractivity contribution in [2.75, 3.05) is 27.4 Å². The number of piperidine rings is 1. The van der Waals surface area contributed by atoms with Crippen molar-refractivity contribution in [3.05, 3.63) is 11.6 Å². The van der Waals surface area contributed by atoms with E-state index >= 15 is 0 Å². The van der Waals surface area contributed by atoms with Gasteiger partial charge in [-0.05, 0) is 76.5 Å². The number of fused-ring (bicyclic) bond motifs is 1. The number of nitrogens with zero attached hydrogens (tertiary/aromatic N) is 1. The van der Waals surface area contributed by atoms with E-state index in [1.165, 1.54) is 14.0 Å². The lowest BCUT2D eigenvalue weighted by Gasteiger charge is -2.36. The lowest BCUT2D eigenvalue weighted by atomic mass is 9.86. The van der Waals surface area contributed by atoms with Crippen molar-refractivity contribution in [3.63, 3.8) is 0 Å². The first-order valence-electron chi connectivity index (χ1n) is 16.0. The van der Waals surface area contributed by atoms with E-state index in [2.05, 4.69) is 13.0 Å². The first-order valence-corrected chi connectivity index (χ1v) is 16.0. The predicted molar refractivity (Wildman–Crippen MR) is 162 cm³/mol. The quantitative estimate of drug-likeness (QED) is 0.210. The predicted octanol–water partition coefficient (Wildman–Crippen LogP) is 3.99. The smallest absolute Gasteiger partial charge is 0.328 e. The Morgan fingerprint density at radius 3 is 2.23 bits per heavy atom. The molecule has 43 heavy (non-hydrogen) atoms. The maximum absolute atomic E-state index is 13.3. The number of carbonyl (C=O) groups is 4. The number of amides is 1. The van der Waals surface area contributed by atoms with Crippen molar-refractivity contribution in [2.45, 2.75) is 123 Å². The third-order valence-corrected chi connectivity index (χ3v) is 9.13. The van der Waals surface area contributed by atoms with Crippen LogP contribution in [-0.4, -0.2) is 90.0 Å². The highest BCUT2D eigenvalue weighted by Gasteiger charge is 2.48. The second-order valence-corrected chi connectivity index (χ2v) is 13.0. The largest absolute Gasteiger partial charge is 0.464 e. The molecule has 0 unspecified atom stereocenters. The molecule has 1 amide bonds. The minimum Gasteiger partial charge on any atom is -0.464 e. The van der Waals surface area contributed by atoms with Crippen LogP contribution in [0, 0.1) is 23.7 Å². The zero-order valence-electron chi connectivity index (χ0n) is 27.3. The number of allylic oxidation sites excluding steroid dienone is 2. The van der Waals surface area contributed by atoms with E-state index in [0.29, 0.717) is 44.9 Å². The van der Waals surface area contributed by atoms with Gasteiger partial charge in [0, 0.05) is 39.0 Å². The zero-order valence-corrected chi connectivity index (χ0v) is 27.3. The maximum Gasteiger partial charge on any atom is 0.328 e. The summed E-state index contributed by atoms with van der Waals surface area (Å²) in [5.74, 6) is -6.91. The zero-order chi connectivity index (χ0) is 32.3. The number of carbonyl (C=O) groups excluding carboxylic acids is 4. The minimum atomic E-state index is -2.94. The number of Topliss-reactive ketones (excluding diaryl/α,β-unsaturated/α-hetero) is 2. The Hall–Kier alpha value is -2.14. The van der Waals surface area contributed by atoms with Gasteiger partial charge in [0.2, 0.25) is 5.79 Å². The summed E-state index contributed by atoms with van der Waals surface area (Å²) in [6.45, 7) is 9.81. The summed E-state index contributed by atoms with van der Waals surface area (Å²) in [7, 11) is 3.14. The van der Waals surface area contributed by atoms with Gasteiger partial charge < -0.3 is 29.3 Å². The fourth-order valence-electron chi connectivity index (χ4n) is 6.27. The van der Waals surface area contributed by atoms with Gasteiger partial charge in [0.25, 0.3) is 11.7 Å². The van der Waals surface area contributed by atoms with Crippen LogP contribution in [0.15, 0.2) is 11.6 Å². The minimum absolute atomic E-state index is 0.0745. The molecule has 1 fully saturated rings. The Bertz CT molecular complexity index is 977. The van der Waals surface area contributed by atoms with Gasteiger partial charge in [0.15, 0.2) is 0 Å². The van der Waals surface area contributed by atoms with E-state index in [1.807, 2.05) is 20.8 Å². The van der Waals surface area contributed by atoms with E-state index in [-0.39, 0.29) is 49.2 Å². The van der Waals surface area contributed by atoms with Crippen molar-refractivity contribution < 1.29 is 43.6 Å². The second-order valence-electron chi connectivity index (χ2n) is 13.0. The number of esters is 1. The van der Waals surface area contributed by atoms with Crippen LogP contribution in [0.1, 0.15) is 98.8 Å². The summed E-state index contributed by atoms with van der Waals surface area (Å²) in [4.78, 5) is 53.7. The molecule has 0 aromatic rings. The van der Waals surface area contributed by atoms with Crippen LogP contribution >= 0.6 is 0 Å². The van der Waals surface area contributed by atoms with Crippen molar-refractivity contribution >= 4 is 23.4 Å². The molecule has 0 aromatic heterocycles. The van der Waals surface area contributed by atoms with Crippen molar-refractivity contribution in [1.29, 1.82) is 0 Å². The van der Waals surface area contributed by atoms with Crippen LogP contribution in [0.4, 0.5) is 0 Å². The van der Waals surface area contributed by atoms with Gasteiger partial charge in [-0.2, -0.15) is 0 Å². The highest BCUT2D eigenvalue weighted by Crippen LogP contribution is 2.29. The molecule has 0 aliphatic carbocycles. The molecule has 2 aliphatic rings. The molecule has 10 heteroatoms. The Kier molecular flexibility index (Phi) is 15.0. The van der Waals surface area contributed by atoms with Gasteiger partial charge in [-0.15, -0.1) is 0 Å². The number of cyclic esters (lactones) is 1. The van der Waals surface area contributed by atoms with Crippen LogP contribution in [-0.2, 0) is 33.4 Å². The second kappa shape index (κ2) is 17.4. The molecule has 2 heterocycles. The molecule has 0 bridgehead atoms. The first-order chi connectivity index (χ1) is 20.2. The lowest BCUT2D eigenvalue weighted by Crippen LogP contribution is -2.58. The summed E-state index contributed by atoms with van der Waals surface area (Å²) in [5, 5.41) is 21.8. The van der Waals surface area contributed by atoms with Crippen molar-refractivity contribution in [3.8, 4) is 0 Å². The molecule has 0 spiro atoms. The normalized spacial score (nSPS) is 34.6. The van der Waals surface area contributed by atoms with Crippen molar-refractivity contribution in [1.82, 2.24) is 4.90 Å².